The van der Waals surface area contributed by atoms with Crippen molar-refractivity contribution < 1.29 is 9.47 Å². The van der Waals surface area contributed by atoms with Crippen LogP contribution in [0.2, 0.25) is 0 Å². The summed E-state index contributed by atoms with van der Waals surface area (Å²) in [6.07, 6.45) is 8.28. The molecule has 7 heteroatoms. The number of aliphatic imine (C=N–C) groups is 1. The Morgan fingerprint density at radius 2 is 1.71 bits per heavy atom. The maximum atomic E-state index is 5.98. The lowest BCUT2D eigenvalue weighted by Gasteiger charge is -2.19. The molecule has 0 spiro atoms. The van der Waals surface area contributed by atoms with Gasteiger partial charge in [-0.3, -0.25) is 4.99 Å². The fourth-order valence-electron chi connectivity index (χ4n) is 2.75. The summed E-state index contributed by atoms with van der Waals surface area (Å²) in [6.45, 7) is 5.09. The Kier molecular flexibility index (Phi) is 16.3. The van der Waals surface area contributed by atoms with Gasteiger partial charge in [0.15, 0.2) is 5.96 Å². The van der Waals surface area contributed by atoms with Crippen LogP contribution in [-0.2, 0) is 9.47 Å². The van der Waals surface area contributed by atoms with Gasteiger partial charge in [-0.05, 0) is 19.9 Å². The van der Waals surface area contributed by atoms with Crippen molar-refractivity contribution in [2.24, 2.45) is 4.99 Å². The van der Waals surface area contributed by atoms with E-state index in [9.17, 15) is 0 Å². The van der Waals surface area contributed by atoms with Crippen molar-refractivity contribution in [2.75, 3.05) is 60.6 Å². The number of likely N-dealkylation sites (N-methyl/N-ethyl adjacent to an activating group) is 1. The van der Waals surface area contributed by atoms with Crippen molar-refractivity contribution in [3.05, 3.63) is 0 Å². The molecular weight excluding hydrogens is 419 g/mol. The highest BCUT2D eigenvalue weighted by Gasteiger charge is 2.12. The Morgan fingerprint density at radius 3 is 2.33 bits per heavy atom. The molecule has 6 nitrogen and oxygen atoms in total. The lowest BCUT2D eigenvalue weighted by Crippen LogP contribution is -2.42. The van der Waals surface area contributed by atoms with Gasteiger partial charge in [0, 0.05) is 40.3 Å². The minimum atomic E-state index is 0. The molecule has 24 heavy (non-hydrogen) atoms. The van der Waals surface area contributed by atoms with Crippen LogP contribution in [0.15, 0.2) is 4.99 Å². The Hall–Kier alpha value is -0.120. The van der Waals surface area contributed by atoms with Crippen LogP contribution in [0, 0.1) is 0 Å². The minimum absolute atomic E-state index is 0. The van der Waals surface area contributed by atoms with Gasteiger partial charge in [0.05, 0.1) is 19.3 Å². The van der Waals surface area contributed by atoms with E-state index in [4.69, 9.17) is 9.47 Å². The molecule has 1 saturated carbocycles. The van der Waals surface area contributed by atoms with E-state index in [-0.39, 0.29) is 24.0 Å². The lowest BCUT2D eigenvalue weighted by atomic mass is 10.1. The van der Waals surface area contributed by atoms with Gasteiger partial charge in [-0.25, -0.2) is 0 Å². The van der Waals surface area contributed by atoms with Crippen LogP contribution in [0.5, 0.6) is 0 Å². The first-order chi connectivity index (χ1) is 11.3. The van der Waals surface area contributed by atoms with E-state index in [1.165, 1.54) is 38.5 Å². The summed E-state index contributed by atoms with van der Waals surface area (Å²) in [4.78, 5) is 6.48. The zero-order valence-electron chi connectivity index (χ0n) is 15.7. The third-order valence-corrected chi connectivity index (χ3v) is 4.24. The first-order valence-corrected chi connectivity index (χ1v) is 9.00. The first-order valence-electron chi connectivity index (χ1n) is 9.00. The second-order valence-electron chi connectivity index (χ2n) is 6.21. The lowest BCUT2D eigenvalue weighted by molar-refractivity contribution is 0.0468. The number of ether oxygens (including phenoxy) is 2. The molecule has 0 aromatic heterocycles. The van der Waals surface area contributed by atoms with Gasteiger partial charge in [0.2, 0.25) is 0 Å². The molecule has 0 unspecified atom stereocenters. The third kappa shape index (κ3) is 12.3. The zero-order chi connectivity index (χ0) is 16.8. The molecule has 0 atom stereocenters. The van der Waals surface area contributed by atoms with Gasteiger partial charge in [-0.15, -0.1) is 24.0 Å². The number of guanidine groups is 1. The average Bonchev–Trinajstić information content (AvgIpc) is 2.83. The summed E-state index contributed by atoms with van der Waals surface area (Å²) in [7, 11) is 5.63. The molecule has 0 aromatic carbocycles. The van der Waals surface area contributed by atoms with E-state index >= 15 is 0 Å². The first kappa shape index (κ1) is 23.9. The number of methoxy groups -OCH3 is 1. The fourth-order valence-corrected chi connectivity index (χ4v) is 2.75. The summed E-state index contributed by atoms with van der Waals surface area (Å²) in [5, 5.41) is 6.64. The number of halogens is 1. The van der Waals surface area contributed by atoms with Crippen LogP contribution >= 0.6 is 24.0 Å². The van der Waals surface area contributed by atoms with Gasteiger partial charge in [-0.2, -0.15) is 0 Å². The topological polar surface area (TPSA) is 58.1 Å². The summed E-state index contributed by atoms with van der Waals surface area (Å²) in [6, 6.07) is 0. The smallest absolute Gasteiger partial charge is 0.191 e. The van der Waals surface area contributed by atoms with Crippen LogP contribution in [-0.4, -0.2) is 77.6 Å². The monoisotopic (exact) mass is 456 g/mol. The van der Waals surface area contributed by atoms with Crippen LogP contribution in [0.25, 0.3) is 0 Å². The molecule has 1 fully saturated rings. The molecule has 1 aliphatic rings. The third-order valence-electron chi connectivity index (χ3n) is 4.24. The largest absolute Gasteiger partial charge is 0.383 e. The number of nitrogens with zero attached hydrogens (tertiary/aromatic N) is 2. The molecule has 144 valence electrons. The maximum Gasteiger partial charge on any atom is 0.191 e. The Balaban J connectivity index is 0.00000529. The molecule has 0 heterocycles. The van der Waals surface area contributed by atoms with Crippen molar-refractivity contribution in [1.82, 2.24) is 15.5 Å². The zero-order valence-corrected chi connectivity index (χ0v) is 18.0. The van der Waals surface area contributed by atoms with Gasteiger partial charge in [0.25, 0.3) is 0 Å². The van der Waals surface area contributed by atoms with Crippen LogP contribution < -0.4 is 10.6 Å². The fraction of sp³-hybridized carbons (Fsp3) is 0.941. The molecule has 0 radical (unpaired) electrons. The summed E-state index contributed by atoms with van der Waals surface area (Å²) >= 11 is 0. The Morgan fingerprint density at radius 1 is 1.04 bits per heavy atom. The van der Waals surface area contributed by atoms with Crippen molar-refractivity contribution in [3.63, 3.8) is 0 Å². The van der Waals surface area contributed by atoms with Gasteiger partial charge in [0.1, 0.15) is 0 Å². The van der Waals surface area contributed by atoms with E-state index in [0.717, 1.165) is 45.4 Å². The normalized spacial score (nSPS) is 16.6. The second-order valence-corrected chi connectivity index (χ2v) is 6.21. The van der Waals surface area contributed by atoms with Crippen molar-refractivity contribution in [2.45, 2.75) is 44.6 Å². The van der Waals surface area contributed by atoms with Crippen LogP contribution in [0.4, 0.5) is 0 Å². The van der Waals surface area contributed by atoms with Crippen molar-refractivity contribution in [3.8, 4) is 0 Å². The molecule has 1 aliphatic carbocycles. The molecular formula is C17H37IN4O2. The Labute approximate surface area is 165 Å². The van der Waals surface area contributed by atoms with Crippen molar-refractivity contribution in [1.29, 1.82) is 0 Å². The number of rotatable bonds is 10. The van der Waals surface area contributed by atoms with E-state index in [1.54, 1.807) is 14.2 Å². The summed E-state index contributed by atoms with van der Waals surface area (Å²) in [5.74, 6) is 0.842. The number of nitrogens with one attached hydrogen (secondary N) is 2. The molecule has 1 rings (SSSR count). The van der Waals surface area contributed by atoms with E-state index in [2.05, 4.69) is 27.6 Å². The molecule has 0 aliphatic heterocycles. The minimum Gasteiger partial charge on any atom is -0.383 e. The van der Waals surface area contributed by atoms with E-state index < -0.39 is 0 Å². The Bertz CT molecular complexity index is 311. The molecule has 0 bridgehead atoms. The predicted molar refractivity (Wildman–Crippen MR) is 112 cm³/mol. The molecule has 0 saturated heterocycles. The molecule has 2 N–H and O–H groups in total. The molecule has 0 aromatic rings. The van der Waals surface area contributed by atoms with Gasteiger partial charge < -0.3 is 25.0 Å². The SMILES string of the molecule is CN=C(NCCOC1CCCCCC1)NCCN(C)CCOC.I. The highest BCUT2D eigenvalue weighted by Crippen LogP contribution is 2.19. The standard InChI is InChI=1S/C17H36N4O2.HI/c1-18-17(19-10-12-21(2)13-15-22-3)20-11-14-23-16-8-6-4-5-7-9-16;/h16H,4-15H2,1-3H3,(H2,18,19,20);1H. The van der Waals surface area contributed by atoms with Gasteiger partial charge in [-0.1, -0.05) is 25.7 Å². The number of hydrogen-bond donors (Lipinski definition) is 2. The average molecular weight is 456 g/mol. The van der Waals surface area contributed by atoms with Crippen LogP contribution in [0.1, 0.15) is 38.5 Å². The van der Waals surface area contributed by atoms with Gasteiger partial charge >= 0.3 is 0 Å². The van der Waals surface area contributed by atoms with E-state index in [0.29, 0.717) is 6.10 Å². The predicted octanol–water partition coefficient (Wildman–Crippen LogP) is 2.09. The highest BCUT2D eigenvalue weighted by atomic mass is 127. The molecule has 0 amide bonds. The number of hydrogen-bond acceptors (Lipinski definition) is 4. The summed E-state index contributed by atoms with van der Waals surface area (Å²) < 4.78 is 11.0. The van der Waals surface area contributed by atoms with Crippen LogP contribution in [0.3, 0.4) is 0 Å². The van der Waals surface area contributed by atoms with Crippen molar-refractivity contribution >= 4 is 29.9 Å². The maximum absolute atomic E-state index is 5.98. The van der Waals surface area contributed by atoms with E-state index in [1.807, 2.05) is 0 Å². The summed E-state index contributed by atoms with van der Waals surface area (Å²) in [5.41, 5.74) is 0. The quantitative estimate of drug-likeness (QED) is 0.173. The second kappa shape index (κ2) is 16.4. The highest BCUT2D eigenvalue weighted by molar-refractivity contribution is 14.0.